The molecule has 0 aliphatic rings. The van der Waals surface area contributed by atoms with Crippen LogP contribution in [0.2, 0.25) is 0 Å². The smallest absolute Gasteiger partial charge is 0.238 e. The first kappa shape index (κ1) is 14.2. The van der Waals surface area contributed by atoms with Crippen LogP contribution in [0.15, 0.2) is 18.2 Å². The molecular weight excluding hydrogens is 278 g/mol. The molecule has 0 fully saturated rings. The number of hydrogen-bond acceptors (Lipinski definition) is 1. The molecule has 0 radical (unpaired) electrons. The third-order valence-electron chi connectivity index (χ3n) is 2.89. The van der Waals surface area contributed by atoms with Gasteiger partial charge in [0.25, 0.3) is 0 Å². The van der Waals surface area contributed by atoms with Crippen LogP contribution >= 0.6 is 15.9 Å². The average molecular weight is 298 g/mol. The summed E-state index contributed by atoms with van der Waals surface area (Å²) in [5.74, 6) is 0.0445. The molecule has 1 N–H and O–H groups in total. The fraction of sp³-hybridized carbons (Fsp3) is 0.500. The molecule has 2 nitrogen and oxygen atoms in total. The molecule has 0 saturated heterocycles. The van der Waals surface area contributed by atoms with Gasteiger partial charge in [0.1, 0.15) is 0 Å². The Morgan fingerprint density at radius 1 is 1.24 bits per heavy atom. The van der Waals surface area contributed by atoms with Crippen LogP contribution in [-0.2, 0) is 17.6 Å². The standard InChI is InChI=1S/C14H20BrNO/c1-4-10-8-7-9-11(5-2)13(10)16-14(17)12(15)6-3/h7-9,12H,4-6H2,1-3H3,(H,16,17)/t12-/m0/s1. The van der Waals surface area contributed by atoms with Gasteiger partial charge in [0.2, 0.25) is 5.91 Å². The van der Waals surface area contributed by atoms with E-state index >= 15 is 0 Å². The van der Waals surface area contributed by atoms with Gasteiger partial charge in [0.05, 0.1) is 4.83 Å². The molecule has 0 aliphatic carbocycles. The molecule has 0 heterocycles. The number of para-hydroxylation sites is 1. The van der Waals surface area contributed by atoms with E-state index in [1.165, 1.54) is 11.1 Å². The number of alkyl halides is 1. The number of amides is 1. The fourth-order valence-corrected chi connectivity index (χ4v) is 1.90. The van der Waals surface area contributed by atoms with Gasteiger partial charge >= 0.3 is 0 Å². The Kier molecular flexibility index (Phi) is 5.69. The van der Waals surface area contributed by atoms with Crippen LogP contribution in [0.25, 0.3) is 0 Å². The minimum Gasteiger partial charge on any atom is -0.325 e. The van der Waals surface area contributed by atoms with Crippen molar-refractivity contribution in [3.05, 3.63) is 29.3 Å². The molecule has 0 unspecified atom stereocenters. The molecule has 1 amide bonds. The zero-order valence-electron chi connectivity index (χ0n) is 10.7. The van der Waals surface area contributed by atoms with Gasteiger partial charge in [-0.1, -0.05) is 54.9 Å². The number of halogens is 1. The lowest BCUT2D eigenvalue weighted by atomic mass is 10.0. The molecule has 1 aromatic carbocycles. The van der Waals surface area contributed by atoms with Gasteiger partial charge in [-0.15, -0.1) is 0 Å². The topological polar surface area (TPSA) is 29.1 Å². The number of benzene rings is 1. The number of anilines is 1. The summed E-state index contributed by atoms with van der Waals surface area (Å²) in [6.07, 6.45) is 2.66. The summed E-state index contributed by atoms with van der Waals surface area (Å²) in [5.41, 5.74) is 3.41. The second-order valence-corrected chi connectivity index (χ2v) is 5.13. The average Bonchev–Trinajstić information content (AvgIpc) is 2.37. The SMILES string of the molecule is CCc1cccc(CC)c1NC(=O)[C@@H](Br)CC. The normalized spacial score (nSPS) is 12.2. The molecule has 0 aliphatic heterocycles. The molecule has 0 saturated carbocycles. The second-order valence-electron chi connectivity index (χ2n) is 4.02. The molecule has 0 aromatic heterocycles. The van der Waals surface area contributed by atoms with Gasteiger partial charge in [-0.2, -0.15) is 0 Å². The lowest BCUT2D eigenvalue weighted by molar-refractivity contribution is -0.115. The Bertz CT molecular complexity index is 368. The maximum Gasteiger partial charge on any atom is 0.238 e. The van der Waals surface area contributed by atoms with Crippen molar-refractivity contribution in [2.45, 2.75) is 44.9 Å². The Balaban J connectivity index is 2.99. The lowest BCUT2D eigenvalue weighted by Gasteiger charge is -2.16. The first-order valence-electron chi connectivity index (χ1n) is 6.19. The number of aryl methyl sites for hydroxylation is 2. The van der Waals surface area contributed by atoms with Crippen molar-refractivity contribution in [2.75, 3.05) is 5.32 Å². The first-order valence-corrected chi connectivity index (χ1v) is 7.11. The fourth-order valence-electron chi connectivity index (χ4n) is 1.79. The van der Waals surface area contributed by atoms with E-state index in [4.69, 9.17) is 0 Å². The van der Waals surface area contributed by atoms with Crippen molar-refractivity contribution in [1.82, 2.24) is 0 Å². The number of nitrogens with one attached hydrogen (secondary N) is 1. The minimum absolute atomic E-state index is 0.0445. The first-order chi connectivity index (χ1) is 8.13. The number of rotatable bonds is 5. The van der Waals surface area contributed by atoms with Crippen molar-refractivity contribution in [3.8, 4) is 0 Å². The molecule has 17 heavy (non-hydrogen) atoms. The van der Waals surface area contributed by atoms with E-state index in [-0.39, 0.29) is 10.7 Å². The van der Waals surface area contributed by atoms with Crippen molar-refractivity contribution < 1.29 is 4.79 Å². The van der Waals surface area contributed by atoms with E-state index in [1.54, 1.807) is 0 Å². The molecule has 1 rings (SSSR count). The van der Waals surface area contributed by atoms with Crippen molar-refractivity contribution in [2.24, 2.45) is 0 Å². The summed E-state index contributed by atoms with van der Waals surface area (Å²) in [6.45, 7) is 6.21. The van der Waals surface area contributed by atoms with E-state index in [2.05, 4.69) is 53.3 Å². The highest BCUT2D eigenvalue weighted by Gasteiger charge is 2.15. The molecule has 0 bridgehead atoms. The van der Waals surface area contributed by atoms with Gasteiger partial charge in [0, 0.05) is 5.69 Å². The van der Waals surface area contributed by atoms with E-state index in [9.17, 15) is 4.79 Å². The van der Waals surface area contributed by atoms with Gasteiger partial charge in [-0.3, -0.25) is 4.79 Å². The summed E-state index contributed by atoms with van der Waals surface area (Å²) in [4.78, 5) is 11.8. The van der Waals surface area contributed by atoms with Crippen LogP contribution in [0.4, 0.5) is 5.69 Å². The highest BCUT2D eigenvalue weighted by atomic mass is 79.9. The van der Waals surface area contributed by atoms with Gasteiger partial charge in [-0.25, -0.2) is 0 Å². The summed E-state index contributed by atoms with van der Waals surface area (Å²) in [7, 11) is 0. The molecule has 1 atom stereocenters. The molecule has 0 spiro atoms. The second kappa shape index (κ2) is 6.80. The Morgan fingerprint density at radius 2 is 1.76 bits per heavy atom. The van der Waals surface area contributed by atoms with Crippen molar-refractivity contribution in [3.63, 3.8) is 0 Å². The van der Waals surface area contributed by atoms with Gasteiger partial charge in [-0.05, 0) is 30.4 Å². The monoisotopic (exact) mass is 297 g/mol. The van der Waals surface area contributed by atoms with Crippen LogP contribution in [0.5, 0.6) is 0 Å². The van der Waals surface area contributed by atoms with Crippen LogP contribution in [0.3, 0.4) is 0 Å². The molecule has 1 aromatic rings. The predicted octanol–water partition coefficient (Wildman–Crippen LogP) is 3.92. The number of hydrogen-bond donors (Lipinski definition) is 1. The Morgan fingerprint density at radius 3 is 2.18 bits per heavy atom. The maximum atomic E-state index is 11.9. The molecule has 94 valence electrons. The van der Waals surface area contributed by atoms with Gasteiger partial charge in [0.15, 0.2) is 0 Å². The highest BCUT2D eigenvalue weighted by molar-refractivity contribution is 9.10. The highest BCUT2D eigenvalue weighted by Crippen LogP contribution is 2.23. The van der Waals surface area contributed by atoms with E-state index in [0.717, 1.165) is 24.9 Å². The van der Waals surface area contributed by atoms with Crippen LogP contribution in [0, 0.1) is 0 Å². The lowest BCUT2D eigenvalue weighted by Crippen LogP contribution is -2.23. The zero-order valence-corrected chi connectivity index (χ0v) is 12.3. The number of carbonyl (C=O) groups excluding carboxylic acids is 1. The molecular formula is C14H20BrNO. The largest absolute Gasteiger partial charge is 0.325 e. The summed E-state index contributed by atoms with van der Waals surface area (Å²) in [6, 6.07) is 6.20. The summed E-state index contributed by atoms with van der Waals surface area (Å²) in [5, 5.41) is 3.05. The summed E-state index contributed by atoms with van der Waals surface area (Å²) >= 11 is 3.38. The van der Waals surface area contributed by atoms with E-state index < -0.39 is 0 Å². The van der Waals surface area contributed by atoms with Crippen LogP contribution in [-0.4, -0.2) is 10.7 Å². The van der Waals surface area contributed by atoms with Crippen LogP contribution < -0.4 is 5.32 Å². The third-order valence-corrected chi connectivity index (χ3v) is 3.95. The maximum absolute atomic E-state index is 11.9. The Hall–Kier alpha value is -0.830. The number of carbonyl (C=O) groups is 1. The van der Waals surface area contributed by atoms with E-state index in [0.29, 0.717) is 0 Å². The van der Waals surface area contributed by atoms with Crippen molar-refractivity contribution >= 4 is 27.5 Å². The zero-order chi connectivity index (χ0) is 12.8. The quantitative estimate of drug-likeness (QED) is 0.820. The van der Waals surface area contributed by atoms with E-state index in [1.807, 2.05) is 6.92 Å². The molecule has 3 heteroatoms. The Labute approximate surface area is 112 Å². The third kappa shape index (κ3) is 3.56. The van der Waals surface area contributed by atoms with Gasteiger partial charge < -0.3 is 5.32 Å². The van der Waals surface area contributed by atoms with Crippen LogP contribution in [0.1, 0.15) is 38.3 Å². The predicted molar refractivity (Wildman–Crippen MR) is 76.8 cm³/mol. The van der Waals surface area contributed by atoms with Crippen molar-refractivity contribution in [1.29, 1.82) is 0 Å². The minimum atomic E-state index is -0.114. The summed E-state index contributed by atoms with van der Waals surface area (Å²) < 4.78 is 0.